The van der Waals surface area contributed by atoms with Gasteiger partial charge >= 0.3 is 0 Å². The van der Waals surface area contributed by atoms with Crippen molar-refractivity contribution >= 4 is 5.91 Å². The Kier molecular flexibility index (Phi) is 6.37. The lowest BCUT2D eigenvalue weighted by molar-refractivity contribution is -0.122. The van der Waals surface area contributed by atoms with Crippen molar-refractivity contribution in [1.29, 1.82) is 0 Å². The van der Waals surface area contributed by atoms with Crippen LogP contribution in [0, 0.1) is 5.92 Å². The molecule has 2 N–H and O–H groups in total. The highest BCUT2D eigenvalue weighted by Crippen LogP contribution is 2.06. The van der Waals surface area contributed by atoms with Crippen LogP contribution in [-0.4, -0.2) is 64.3 Å². The average Bonchev–Trinajstić information content (AvgIpc) is 2.17. The molecular weight excluding hydrogens is 206 g/mol. The highest BCUT2D eigenvalue weighted by atomic mass is 16.5. The number of ether oxygens (including phenoxy) is 1. The van der Waals surface area contributed by atoms with Gasteiger partial charge < -0.3 is 20.3 Å². The van der Waals surface area contributed by atoms with Crippen LogP contribution < -0.4 is 10.6 Å². The highest BCUT2D eigenvalue weighted by molar-refractivity contribution is 5.76. The molecule has 0 aromatic rings. The maximum absolute atomic E-state index is 11.4. The van der Waals surface area contributed by atoms with Gasteiger partial charge in [0.05, 0.1) is 13.2 Å². The van der Waals surface area contributed by atoms with Crippen LogP contribution in [0.4, 0.5) is 0 Å². The summed E-state index contributed by atoms with van der Waals surface area (Å²) in [7, 11) is 4.02. The summed E-state index contributed by atoms with van der Waals surface area (Å²) in [6, 6.07) is 0. The zero-order chi connectivity index (χ0) is 11.8. The molecule has 1 aliphatic rings. The van der Waals surface area contributed by atoms with Crippen molar-refractivity contribution in [3.8, 4) is 0 Å². The summed E-state index contributed by atoms with van der Waals surface area (Å²) in [4.78, 5) is 13.5. The fourth-order valence-electron chi connectivity index (χ4n) is 1.44. The summed E-state index contributed by atoms with van der Waals surface area (Å²) in [5, 5.41) is 6.02. The molecule has 0 saturated carbocycles. The number of carbonyl (C=O) groups excluding carboxylic acids is 1. The predicted octanol–water partition coefficient (Wildman–Crippen LogP) is -0.710. The van der Waals surface area contributed by atoms with Crippen LogP contribution in [-0.2, 0) is 9.53 Å². The van der Waals surface area contributed by atoms with Crippen LogP contribution in [0.15, 0.2) is 0 Å². The Labute approximate surface area is 97.5 Å². The number of hydrogen-bond donors (Lipinski definition) is 2. The fourth-order valence-corrected chi connectivity index (χ4v) is 1.44. The summed E-state index contributed by atoms with van der Waals surface area (Å²) in [5.41, 5.74) is 0. The third-order valence-corrected chi connectivity index (χ3v) is 2.59. The highest BCUT2D eigenvalue weighted by Gasteiger charge is 2.19. The van der Waals surface area contributed by atoms with Gasteiger partial charge in [0.1, 0.15) is 0 Å². The Bertz CT molecular complexity index is 205. The van der Waals surface area contributed by atoms with Crippen LogP contribution in [0.3, 0.4) is 0 Å². The van der Waals surface area contributed by atoms with Crippen molar-refractivity contribution in [2.45, 2.75) is 6.42 Å². The number of likely N-dealkylation sites (N-methyl/N-ethyl adjacent to an activating group) is 1. The number of rotatable bonds is 8. The summed E-state index contributed by atoms with van der Waals surface area (Å²) in [6.45, 7) is 4.81. The maximum atomic E-state index is 11.4. The lowest BCUT2D eigenvalue weighted by atomic mass is 9.99. The van der Waals surface area contributed by atoms with E-state index in [0.717, 1.165) is 26.2 Å². The van der Waals surface area contributed by atoms with E-state index in [2.05, 4.69) is 15.5 Å². The van der Waals surface area contributed by atoms with E-state index in [0.29, 0.717) is 25.5 Å². The molecule has 1 saturated heterocycles. The van der Waals surface area contributed by atoms with Gasteiger partial charge in [-0.3, -0.25) is 4.79 Å². The molecule has 94 valence electrons. The number of carbonyl (C=O) groups is 1. The van der Waals surface area contributed by atoms with Crippen LogP contribution in [0.25, 0.3) is 0 Å². The van der Waals surface area contributed by atoms with Gasteiger partial charge in [-0.25, -0.2) is 0 Å². The lowest BCUT2D eigenvalue weighted by Gasteiger charge is -2.26. The molecule has 0 aromatic carbocycles. The Morgan fingerprint density at radius 3 is 2.75 bits per heavy atom. The van der Waals surface area contributed by atoms with E-state index in [-0.39, 0.29) is 5.91 Å². The maximum Gasteiger partial charge on any atom is 0.220 e. The van der Waals surface area contributed by atoms with Crippen LogP contribution in [0.1, 0.15) is 6.42 Å². The Morgan fingerprint density at radius 1 is 1.44 bits per heavy atom. The Hall–Kier alpha value is -0.650. The van der Waals surface area contributed by atoms with Crippen LogP contribution in [0.5, 0.6) is 0 Å². The van der Waals surface area contributed by atoms with Crippen molar-refractivity contribution in [2.75, 3.05) is 53.5 Å². The van der Waals surface area contributed by atoms with E-state index in [4.69, 9.17) is 4.74 Å². The molecule has 0 bridgehead atoms. The van der Waals surface area contributed by atoms with Gasteiger partial charge in [-0.05, 0) is 33.1 Å². The van der Waals surface area contributed by atoms with Crippen molar-refractivity contribution in [3.05, 3.63) is 0 Å². The monoisotopic (exact) mass is 229 g/mol. The molecule has 1 rings (SSSR count). The van der Waals surface area contributed by atoms with E-state index in [1.807, 2.05) is 14.1 Å². The first-order chi connectivity index (χ1) is 7.68. The van der Waals surface area contributed by atoms with Gasteiger partial charge in [0.25, 0.3) is 0 Å². The summed E-state index contributed by atoms with van der Waals surface area (Å²) >= 11 is 0. The normalized spacial score (nSPS) is 16.2. The first kappa shape index (κ1) is 13.4. The standard InChI is InChI=1S/C11H23N3O2/c1-14(2)4-6-16-5-3-13-11(15)7-10-8-12-9-10/h10,12H,3-9H2,1-2H3,(H,13,15). The predicted molar refractivity (Wildman–Crippen MR) is 63.4 cm³/mol. The van der Waals surface area contributed by atoms with Gasteiger partial charge in [-0.15, -0.1) is 0 Å². The minimum atomic E-state index is 0.141. The molecule has 0 radical (unpaired) electrons. The number of amides is 1. The van der Waals surface area contributed by atoms with Crippen molar-refractivity contribution in [1.82, 2.24) is 15.5 Å². The number of nitrogens with zero attached hydrogens (tertiary/aromatic N) is 1. The summed E-state index contributed by atoms with van der Waals surface area (Å²) in [5.74, 6) is 0.678. The van der Waals surface area contributed by atoms with Gasteiger partial charge in [-0.2, -0.15) is 0 Å². The molecule has 0 unspecified atom stereocenters. The zero-order valence-electron chi connectivity index (χ0n) is 10.3. The minimum absolute atomic E-state index is 0.141. The molecule has 0 aliphatic carbocycles. The molecule has 1 amide bonds. The van der Waals surface area contributed by atoms with Gasteiger partial charge in [0.2, 0.25) is 5.91 Å². The molecule has 0 spiro atoms. The molecule has 1 aliphatic heterocycles. The molecule has 0 aromatic heterocycles. The molecule has 1 heterocycles. The second-order valence-electron chi connectivity index (χ2n) is 4.49. The smallest absolute Gasteiger partial charge is 0.220 e. The summed E-state index contributed by atoms with van der Waals surface area (Å²) < 4.78 is 5.37. The minimum Gasteiger partial charge on any atom is -0.378 e. The van der Waals surface area contributed by atoms with E-state index in [9.17, 15) is 4.79 Å². The largest absolute Gasteiger partial charge is 0.378 e. The third kappa shape index (κ3) is 6.05. The first-order valence-corrected chi connectivity index (χ1v) is 5.88. The van der Waals surface area contributed by atoms with Crippen LogP contribution in [0.2, 0.25) is 0 Å². The molecule has 1 fully saturated rings. The van der Waals surface area contributed by atoms with Crippen molar-refractivity contribution < 1.29 is 9.53 Å². The van der Waals surface area contributed by atoms with E-state index >= 15 is 0 Å². The Balaban J connectivity index is 1.84. The van der Waals surface area contributed by atoms with Gasteiger partial charge in [-0.1, -0.05) is 0 Å². The SMILES string of the molecule is CN(C)CCOCCNC(=O)CC1CNC1. The number of hydrogen-bond acceptors (Lipinski definition) is 4. The van der Waals surface area contributed by atoms with Gasteiger partial charge in [0.15, 0.2) is 0 Å². The van der Waals surface area contributed by atoms with Crippen molar-refractivity contribution in [2.24, 2.45) is 5.92 Å². The second kappa shape index (κ2) is 7.60. The van der Waals surface area contributed by atoms with E-state index in [1.165, 1.54) is 0 Å². The molecule has 5 nitrogen and oxygen atoms in total. The molecule has 5 heteroatoms. The Morgan fingerprint density at radius 2 is 2.19 bits per heavy atom. The lowest BCUT2D eigenvalue weighted by Crippen LogP contribution is -2.44. The molecule has 16 heavy (non-hydrogen) atoms. The van der Waals surface area contributed by atoms with E-state index < -0.39 is 0 Å². The van der Waals surface area contributed by atoms with Gasteiger partial charge in [0, 0.05) is 19.5 Å². The molecule has 0 atom stereocenters. The topological polar surface area (TPSA) is 53.6 Å². The van der Waals surface area contributed by atoms with Crippen LogP contribution >= 0.6 is 0 Å². The number of nitrogens with one attached hydrogen (secondary N) is 2. The first-order valence-electron chi connectivity index (χ1n) is 5.88. The zero-order valence-corrected chi connectivity index (χ0v) is 10.3. The fraction of sp³-hybridized carbons (Fsp3) is 0.909. The van der Waals surface area contributed by atoms with E-state index in [1.54, 1.807) is 0 Å². The third-order valence-electron chi connectivity index (χ3n) is 2.59. The van der Waals surface area contributed by atoms with Crippen molar-refractivity contribution in [3.63, 3.8) is 0 Å². The average molecular weight is 229 g/mol. The summed E-state index contributed by atoms with van der Waals surface area (Å²) in [6.07, 6.45) is 0.644. The quantitative estimate of drug-likeness (QED) is 0.540. The second-order valence-corrected chi connectivity index (χ2v) is 4.49. The molecular formula is C11H23N3O2.